The van der Waals surface area contributed by atoms with Crippen LogP contribution in [-0.4, -0.2) is 40.9 Å². The number of halogens is 1. The number of rotatable bonds is 2. The summed E-state index contributed by atoms with van der Waals surface area (Å²) in [5, 5.41) is 10.9. The van der Waals surface area contributed by atoms with Gasteiger partial charge in [0.25, 0.3) is 0 Å². The van der Waals surface area contributed by atoms with Gasteiger partial charge in [-0.1, -0.05) is 29.8 Å². The maximum Gasteiger partial charge on any atom is 0.410 e. The van der Waals surface area contributed by atoms with E-state index in [1.54, 1.807) is 4.90 Å². The van der Waals surface area contributed by atoms with E-state index >= 15 is 0 Å². The molecular weight excluding hydrogens is 302 g/mol. The normalized spacial score (nSPS) is 22.5. The highest BCUT2D eigenvalue weighted by Crippen LogP contribution is 2.26. The number of hydrogen-bond donors (Lipinski definition) is 1. The molecule has 4 nitrogen and oxygen atoms in total. The van der Waals surface area contributed by atoms with Crippen molar-refractivity contribution in [2.75, 3.05) is 13.1 Å². The molecule has 1 heterocycles. The van der Waals surface area contributed by atoms with E-state index in [0.29, 0.717) is 31.0 Å². The number of aliphatic hydroxyl groups excluding tert-OH is 1. The van der Waals surface area contributed by atoms with Crippen molar-refractivity contribution in [1.82, 2.24) is 4.90 Å². The lowest BCUT2D eigenvalue weighted by Crippen LogP contribution is -2.48. The van der Waals surface area contributed by atoms with Gasteiger partial charge in [0.2, 0.25) is 0 Å². The number of piperidine rings is 1. The van der Waals surface area contributed by atoms with Gasteiger partial charge in [-0.15, -0.1) is 0 Å². The number of likely N-dealkylation sites (tertiary alicyclic amines) is 1. The molecule has 1 aliphatic heterocycles. The summed E-state index contributed by atoms with van der Waals surface area (Å²) in [6, 6.07) is 7.62. The molecule has 1 amide bonds. The number of carbonyl (C=O) groups is 1. The molecule has 1 aromatic carbocycles. The third-order valence-electron chi connectivity index (χ3n) is 3.79. The molecule has 0 bridgehead atoms. The average Bonchev–Trinajstić information content (AvgIpc) is 2.41. The first-order valence-corrected chi connectivity index (χ1v) is 8.03. The zero-order chi connectivity index (χ0) is 16.3. The zero-order valence-corrected chi connectivity index (χ0v) is 14.1. The first-order valence-electron chi connectivity index (χ1n) is 7.65. The molecule has 2 atom stereocenters. The number of aliphatic hydroxyl groups is 1. The van der Waals surface area contributed by atoms with Gasteiger partial charge in [0.1, 0.15) is 5.60 Å². The molecule has 2 unspecified atom stereocenters. The van der Waals surface area contributed by atoms with E-state index in [1.165, 1.54) is 0 Å². The quantitative estimate of drug-likeness (QED) is 0.905. The molecule has 0 aromatic heterocycles. The monoisotopic (exact) mass is 325 g/mol. The molecule has 1 fully saturated rings. The third-order valence-corrected chi connectivity index (χ3v) is 4.15. The average molecular weight is 326 g/mol. The van der Waals surface area contributed by atoms with E-state index in [1.807, 2.05) is 45.0 Å². The molecule has 1 N–H and O–H groups in total. The predicted octanol–water partition coefficient (Wildman–Crippen LogP) is 3.50. The first kappa shape index (κ1) is 17.1. The van der Waals surface area contributed by atoms with Crippen LogP contribution in [0, 0.1) is 5.92 Å². The second-order valence-electron chi connectivity index (χ2n) is 6.84. The lowest BCUT2D eigenvalue weighted by Gasteiger charge is -2.37. The van der Waals surface area contributed by atoms with Crippen LogP contribution in [0.2, 0.25) is 5.02 Å². The van der Waals surface area contributed by atoms with Gasteiger partial charge < -0.3 is 14.7 Å². The fourth-order valence-electron chi connectivity index (χ4n) is 2.66. The van der Waals surface area contributed by atoms with Crippen LogP contribution in [0.25, 0.3) is 0 Å². The summed E-state index contributed by atoms with van der Waals surface area (Å²) in [4.78, 5) is 13.9. The van der Waals surface area contributed by atoms with Crippen LogP contribution in [0.5, 0.6) is 0 Å². The van der Waals surface area contributed by atoms with Gasteiger partial charge in [-0.05, 0) is 45.2 Å². The Labute approximate surface area is 137 Å². The standard InChI is InChI=1S/C17H24ClNO3/c1-17(2,3)22-16(21)19-9-8-15(20)13(11-19)10-12-6-4-5-7-14(12)18/h4-7,13,15,20H,8-11H2,1-3H3. The van der Waals surface area contributed by atoms with Crippen LogP contribution < -0.4 is 0 Å². The third kappa shape index (κ3) is 4.62. The van der Waals surface area contributed by atoms with Crippen molar-refractivity contribution in [3.05, 3.63) is 34.9 Å². The Morgan fingerprint density at radius 3 is 2.73 bits per heavy atom. The van der Waals surface area contributed by atoms with Gasteiger partial charge in [0.15, 0.2) is 0 Å². The SMILES string of the molecule is CC(C)(C)OC(=O)N1CCC(O)C(Cc2ccccc2Cl)C1. The fourth-order valence-corrected chi connectivity index (χ4v) is 2.87. The zero-order valence-electron chi connectivity index (χ0n) is 13.4. The molecule has 122 valence electrons. The van der Waals surface area contributed by atoms with Crippen LogP contribution in [0.4, 0.5) is 4.79 Å². The Hall–Kier alpha value is -1.26. The number of hydrogen-bond acceptors (Lipinski definition) is 3. The van der Waals surface area contributed by atoms with E-state index in [-0.39, 0.29) is 12.0 Å². The van der Waals surface area contributed by atoms with Crippen LogP contribution in [0.1, 0.15) is 32.8 Å². The minimum atomic E-state index is -0.509. The van der Waals surface area contributed by atoms with Crippen molar-refractivity contribution in [3.63, 3.8) is 0 Å². The van der Waals surface area contributed by atoms with Crippen LogP contribution in [0.3, 0.4) is 0 Å². The number of benzene rings is 1. The Balaban J connectivity index is 2.02. The van der Waals surface area contributed by atoms with Gasteiger partial charge in [-0.25, -0.2) is 4.79 Å². The van der Waals surface area contributed by atoms with Crippen LogP contribution >= 0.6 is 11.6 Å². The molecule has 0 saturated carbocycles. The van der Waals surface area contributed by atoms with Gasteiger partial charge >= 0.3 is 6.09 Å². The largest absolute Gasteiger partial charge is 0.444 e. The van der Waals surface area contributed by atoms with Crippen molar-refractivity contribution in [2.24, 2.45) is 5.92 Å². The van der Waals surface area contributed by atoms with Crippen molar-refractivity contribution in [2.45, 2.75) is 45.3 Å². The predicted molar refractivity (Wildman–Crippen MR) is 87.1 cm³/mol. The van der Waals surface area contributed by atoms with E-state index in [2.05, 4.69) is 0 Å². The van der Waals surface area contributed by atoms with Crippen molar-refractivity contribution >= 4 is 17.7 Å². The van der Waals surface area contributed by atoms with E-state index < -0.39 is 11.7 Å². The summed E-state index contributed by atoms with van der Waals surface area (Å²) in [5.41, 5.74) is 0.491. The molecular formula is C17H24ClNO3. The number of ether oxygens (including phenoxy) is 1. The molecule has 2 rings (SSSR count). The molecule has 1 saturated heterocycles. The van der Waals surface area contributed by atoms with Gasteiger partial charge in [0, 0.05) is 24.0 Å². The molecule has 1 aromatic rings. The summed E-state index contributed by atoms with van der Waals surface area (Å²) in [5.74, 6) is -0.0267. The fraction of sp³-hybridized carbons (Fsp3) is 0.588. The lowest BCUT2D eigenvalue weighted by atomic mass is 9.89. The number of carbonyl (C=O) groups excluding carboxylic acids is 1. The Morgan fingerprint density at radius 2 is 2.09 bits per heavy atom. The van der Waals surface area contributed by atoms with E-state index in [9.17, 15) is 9.90 Å². The number of nitrogens with zero attached hydrogens (tertiary/aromatic N) is 1. The Bertz CT molecular complexity index is 527. The first-order chi connectivity index (χ1) is 10.3. The van der Waals surface area contributed by atoms with Gasteiger partial charge in [-0.3, -0.25) is 0 Å². The summed E-state index contributed by atoms with van der Waals surface area (Å²) in [6.45, 7) is 6.57. The minimum absolute atomic E-state index is 0.0267. The smallest absolute Gasteiger partial charge is 0.410 e. The van der Waals surface area contributed by atoms with Gasteiger partial charge in [-0.2, -0.15) is 0 Å². The Morgan fingerprint density at radius 1 is 1.41 bits per heavy atom. The lowest BCUT2D eigenvalue weighted by molar-refractivity contribution is -0.00823. The highest BCUT2D eigenvalue weighted by molar-refractivity contribution is 6.31. The maximum absolute atomic E-state index is 12.2. The summed E-state index contributed by atoms with van der Waals surface area (Å²) in [7, 11) is 0. The maximum atomic E-state index is 12.2. The topological polar surface area (TPSA) is 49.8 Å². The second-order valence-corrected chi connectivity index (χ2v) is 7.25. The Kier molecular flexibility index (Phi) is 5.35. The number of amides is 1. The van der Waals surface area contributed by atoms with Crippen LogP contribution in [-0.2, 0) is 11.2 Å². The minimum Gasteiger partial charge on any atom is -0.444 e. The highest BCUT2D eigenvalue weighted by atomic mass is 35.5. The molecule has 0 radical (unpaired) electrons. The molecule has 22 heavy (non-hydrogen) atoms. The summed E-state index contributed by atoms with van der Waals surface area (Å²) < 4.78 is 5.41. The van der Waals surface area contributed by atoms with Crippen LogP contribution in [0.15, 0.2) is 24.3 Å². The second kappa shape index (κ2) is 6.88. The van der Waals surface area contributed by atoms with E-state index in [0.717, 1.165) is 5.56 Å². The van der Waals surface area contributed by atoms with Gasteiger partial charge in [0.05, 0.1) is 6.10 Å². The molecule has 1 aliphatic rings. The van der Waals surface area contributed by atoms with E-state index in [4.69, 9.17) is 16.3 Å². The highest BCUT2D eigenvalue weighted by Gasteiger charge is 2.32. The molecule has 0 aliphatic carbocycles. The summed E-state index contributed by atoms with van der Waals surface area (Å²) in [6.07, 6.45) is 0.479. The molecule has 5 heteroatoms. The molecule has 0 spiro atoms. The van der Waals surface area contributed by atoms with Crippen molar-refractivity contribution < 1.29 is 14.6 Å². The summed E-state index contributed by atoms with van der Waals surface area (Å²) >= 11 is 6.19. The van der Waals surface area contributed by atoms with Crippen molar-refractivity contribution in [3.8, 4) is 0 Å². The van der Waals surface area contributed by atoms with Crippen molar-refractivity contribution in [1.29, 1.82) is 0 Å².